The maximum Gasteiger partial charge on any atom is 0.333 e. The van der Waals surface area contributed by atoms with Crippen molar-refractivity contribution in [2.75, 3.05) is 6.54 Å². The molecule has 2 aromatic heterocycles. The molecule has 3 heterocycles. The Labute approximate surface area is 273 Å². The first-order chi connectivity index (χ1) is 21.9. The quantitative estimate of drug-likeness (QED) is 0.214. The third kappa shape index (κ3) is 6.07. The van der Waals surface area contributed by atoms with Gasteiger partial charge in [0.1, 0.15) is 24.1 Å². The summed E-state index contributed by atoms with van der Waals surface area (Å²) in [5.74, 6) is 0.413. The van der Waals surface area contributed by atoms with Crippen molar-refractivity contribution in [1.29, 1.82) is 0 Å². The molecule has 1 aliphatic carbocycles. The van der Waals surface area contributed by atoms with E-state index in [1.165, 1.54) is 10.9 Å². The lowest BCUT2D eigenvalue weighted by Gasteiger charge is -2.28. The number of aromatic nitrogens is 5. The lowest BCUT2D eigenvalue weighted by molar-refractivity contribution is 0.0929. The molecular weight excluding hydrogens is 658 g/mol. The number of hydrogen-bond donors (Lipinski definition) is 1. The first-order valence-electron chi connectivity index (χ1n) is 14.9. The van der Waals surface area contributed by atoms with Crippen molar-refractivity contribution in [2.45, 2.75) is 51.5 Å². The van der Waals surface area contributed by atoms with Crippen LogP contribution in [0.3, 0.4) is 0 Å². The van der Waals surface area contributed by atoms with Crippen LogP contribution in [0.2, 0.25) is 5.02 Å². The number of ether oxygens (including phenoxy) is 1. The van der Waals surface area contributed by atoms with E-state index >= 15 is 0 Å². The summed E-state index contributed by atoms with van der Waals surface area (Å²) < 4.78 is 11.7. The molecular formula is C33H31BrClN7O3. The molecule has 1 amide bonds. The molecule has 0 saturated heterocycles. The second kappa shape index (κ2) is 12.3. The summed E-state index contributed by atoms with van der Waals surface area (Å²) >= 11 is 9.83. The lowest BCUT2D eigenvalue weighted by Crippen LogP contribution is -2.37. The SMILES string of the molecule is CC(NC(=O)c1c2n(c(=O)n1-c1ccc(OC3CC3)cc1)CCN(Cc1ccc(Br)c(Cl)c1)C2)c1ccccc1-n1cncn1. The molecule has 0 spiro atoms. The summed E-state index contributed by atoms with van der Waals surface area (Å²) in [7, 11) is 0. The highest BCUT2D eigenvalue weighted by Gasteiger charge is 2.31. The van der Waals surface area contributed by atoms with Crippen LogP contribution in [0.25, 0.3) is 11.4 Å². The summed E-state index contributed by atoms with van der Waals surface area (Å²) in [6, 6.07) is 20.6. The molecule has 3 aromatic carbocycles. The third-order valence-corrected chi connectivity index (χ3v) is 9.43. The zero-order valence-corrected chi connectivity index (χ0v) is 26.9. The van der Waals surface area contributed by atoms with Crippen molar-refractivity contribution >= 4 is 33.4 Å². The number of imidazole rings is 1. The molecule has 0 bridgehead atoms. The molecule has 1 unspecified atom stereocenters. The second-order valence-corrected chi connectivity index (χ2v) is 12.7. The van der Waals surface area contributed by atoms with E-state index in [1.54, 1.807) is 15.6 Å². The van der Waals surface area contributed by atoms with Gasteiger partial charge in [0, 0.05) is 30.7 Å². The van der Waals surface area contributed by atoms with Gasteiger partial charge in [-0.05, 0) is 89.3 Å². The number of benzene rings is 3. The molecule has 5 aromatic rings. The van der Waals surface area contributed by atoms with Crippen LogP contribution in [0, 0.1) is 0 Å². The standard InChI is InChI=1S/C33H31BrClN7O3/c1-21(26-4-2-3-5-29(26)41-20-36-19-37-41)38-32(43)31-30-18-39(17-22-6-13-27(34)28(35)16-22)14-15-40(30)33(44)42(31)23-7-9-24(10-8-23)45-25-11-12-25/h2-10,13,16,19-21,25H,11-12,14-15,17-18H2,1H3,(H,38,43). The zero-order valence-electron chi connectivity index (χ0n) is 24.6. The van der Waals surface area contributed by atoms with E-state index in [1.807, 2.05) is 73.7 Å². The monoisotopic (exact) mass is 687 g/mol. The Morgan fingerprint density at radius 1 is 1.11 bits per heavy atom. The van der Waals surface area contributed by atoms with Gasteiger partial charge < -0.3 is 10.1 Å². The number of nitrogens with zero attached hydrogens (tertiary/aromatic N) is 6. The van der Waals surface area contributed by atoms with Crippen molar-refractivity contribution in [1.82, 2.24) is 34.1 Å². The lowest BCUT2D eigenvalue weighted by atomic mass is 10.1. The number of nitrogens with one attached hydrogen (secondary N) is 1. The minimum absolute atomic E-state index is 0.243. The summed E-state index contributed by atoms with van der Waals surface area (Å²) in [5.41, 5.74) is 4.08. The molecule has 1 fully saturated rings. The number of halogens is 2. The maximum atomic E-state index is 14.3. The Bertz CT molecular complexity index is 1920. The Hall–Kier alpha value is -4.19. The van der Waals surface area contributed by atoms with E-state index in [0.29, 0.717) is 48.3 Å². The Morgan fingerprint density at radius 2 is 1.91 bits per heavy atom. The number of amides is 1. The van der Waals surface area contributed by atoms with Gasteiger partial charge in [-0.1, -0.05) is 35.9 Å². The summed E-state index contributed by atoms with van der Waals surface area (Å²) in [6.45, 7) is 4.08. The molecule has 2 aliphatic rings. The summed E-state index contributed by atoms with van der Waals surface area (Å²) in [6.07, 6.45) is 5.47. The van der Waals surface area contributed by atoms with Crippen molar-refractivity contribution in [3.8, 4) is 17.1 Å². The van der Waals surface area contributed by atoms with E-state index in [4.69, 9.17) is 16.3 Å². The fourth-order valence-corrected chi connectivity index (χ4v) is 6.25. The van der Waals surface area contributed by atoms with E-state index in [9.17, 15) is 9.59 Å². The second-order valence-electron chi connectivity index (χ2n) is 11.4. The molecule has 1 aliphatic heterocycles. The van der Waals surface area contributed by atoms with Crippen LogP contribution in [-0.4, -0.2) is 47.4 Å². The first kappa shape index (κ1) is 29.5. The number of carbonyl (C=O) groups is 1. The van der Waals surface area contributed by atoms with Crippen molar-refractivity contribution in [2.24, 2.45) is 0 Å². The smallest absolute Gasteiger partial charge is 0.333 e. The average molecular weight is 689 g/mol. The van der Waals surface area contributed by atoms with Crippen LogP contribution in [0.4, 0.5) is 0 Å². The molecule has 1 saturated carbocycles. The zero-order chi connectivity index (χ0) is 31.1. The highest BCUT2D eigenvalue weighted by molar-refractivity contribution is 9.10. The number of hydrogen-bond acceptors (Lipinski definition) is 6. The highest BCUT2D eigenvalue weighted by Crippen LogP contribution is 2.29. The average Bonchev–Trinajstić information content (AvgIpc) is 3.58. The number of rotatable bonds is 9. The van der Waals surface area contributed by atoms with Gasteiger partial charge in [-0.25, -0.2) is 14.5 Å². The predicted molar refractivity (Wildman–Crippen MR) is 174 cm³/mol. The van der Waals surface area contributed by atoms with Gasteiger partial charge in [-0.3, -0.25) is 18.8 Å². The van der Waals surface area contributed by atoms with Crippen molar-refractivity contribution in [3.05, 3.63) is 122 Å². The molecule has 1 N–H and O–H groups in total. The fraction of sp³-hybridized carbons (Fsp3) is 0.273. The van der Waals surface area contributed by atoms with E-state index in [-0.39, 0.29) is 17.7 Å². The Balaban J connectivity index is 1.24. The molecule has 0 radical (unpaired) electrons. The molecule has 10 nitrogen and oxygen atoms in total. The van der Waals surface area contributed by atoms with Crippen LogP contribution in [0.1, 0.15) is 53.1 Å². The largest absolute Gasteiger partial charge is 0.490 e. The first-order valence-corrected chi connectivity index (χ1v) is 16.1. The molecule has 7 rings (SSSR count). The van der Waals surface area contributed by atoms with Gasteiger partial charge in [0.15, 0.2) is 0 Å². The van der Waals surface area contributed by atoms with Gasteiger partial charge >= 0.3 is 5.69 Å². The van der Waals surface area contributed by atoms with Crippen LogP contribution >= 0.6 is 27.5 Å². The number of para-hydroxylation sites is 1. The predicted octanol–water partition coefficient (Wildman–Crippen LogP) is 5.68. The van der Waals surface area contributed by atoms with E-state index in [2.05, 4.69) is 36.2 Å². The van der Waals surface area contributed by atoms with Crippen LogP contribution in [0.15, 0.2) is 88.7 Å². The Morgan fingerprint density at radius 3 is 2.64 bits per heavy atom. The number of fused-ring (bicyclic) bond motifs is 1. The fourth-order valence-electron chi connectivity index (χ4n) is 5.80. The van der Waals surface area contributed by atoms with Gasteiger partial charge in [0.05, 0.1) is 34.2 Å². The molecule has 45 heavy (non-hydrogen) atoms. The summed E-state index contributed by atoms with van der Waals surface area (Å²) in [5, 5.41) is 8.09. The van der Waals surface area contributed by atoms with Gasteiger partial charge in [-0.2, -0.15) is 5.10 Å². The third-order valence-electron chi connectivity index (χ3n) is 8.20. The van der Waals surface area contributed by atoms with E-state index < -0.39 is 6.04 Å². The van der Waals surface area contributed by atoms with Crippen LogP contribution < -0.4 is 15.7 Å². The van der Waals surface area contributed by atoms with E-state index in [0.717, 1.165) is 39.9 Å². The number of carbonyl (C=O) groups excluding carboxylic acids is 1. The summed E-state index contributed by atoms with van der Waals surface area (Å²) in [4.78, 5) is 34.6. The minimum Gasteiger partial charge on any atom is -0.490 e. The molecule has 12 heteroatoms. The maximum absolute atomic E-state index is 14.3. The normalized spacial score (nSPS) is 15.4. The van der Waals surface area contributed by atoms with Crippen molar-refractivity contribution < 1.29 is 9.53 Å². The molecule has 230 valence electrons. The molecule has 1 atom stereocenters. The van der Waals surface area contributed by atoms with Crippen LogP contribution in [0.5, 0.6) is 5.75 Å². The highest BCUT2D eigenvalue weighted by atomic mass is 79.9. The van der Waals surface area contributed by atoms with Gasteiger partial charge in [-0.15, -0.1) is 0 Å². The van der Waals surface area contributed by atoms with Gasteiger partial charge in [0.2, 0.25) is 0 Å². The van der Waals surface area contributed by atoms with Crippen molar-refractivity contribution in [3.63, 3.8) is 0 Å². The minimum atomic E-state index is -0.393. The van der Waals surface area contributed by atoms with Crippen LogP contribution in [-0.2, 0) is 19.6 Å². The Kier molecular flexibility index (Phi) is 8.07. The van der Waals surface area contributed by atoms with Gasteiger partial charge in [0.25, 0.3) is 5.91 Å². The topological polar surface area (TPSA) is 99.2 Å².